The third kappa shape index (κ3) is 4.29. The third-order valence-electron chi connectivity index (χ3n) is 4.79. The van der Waals surface area contributed by atoms with Gasteiger partial charge in [0.25, 0.3) is 0 Å². The summed E-state index contributed by atoms with van der Waals surface area (Å²) in [4.78, 5) is 9.43. The van der Waals surface area contributed by atoms with Crippen molar-refractivity contribution in [2.24, 2.45) is 0 Å². The molecule has 146 valence electrons. The number of para-hydroxylation sites is 1. The molecule has 0 saturated carbocycles. The van der Waals surface area contributed by atoms with Crippen LogP contribution in [0.2, 0.25) is 0 Å². The van der Waals surface area contributed by atoms with Crippen molar-refractivity contribution in [3.05, 3.63) is 83.4 Å². The molecule has 0 fully saturated rings. The van der Waals surface area contributed by atoms with Crippen molar-refractivity contribution in [2.75, 3.05) is 17.7 Å². The highest BCUT2D eigenvalue weighted by Gasteiger charge is 2.10. The molecule has 0 unspecified atom stereocenters. The number of nitrogens with one attached hydrogen (secondary N) is 2. The zero-order chi connectivity index (χ0) is 20.2. The van der Waals surface area contributed by atoms with Crippen LogP contribution < -0.4 is 15.4 Å². The first-order valence-electron chi connectivity index (χ1n) is 9.60. The number of anilines is 3. The Morgan fingerprint density at radius 2 is 1.62 bits per heavy atom. The van der Waals surface area contributed by atoms with Crippen LogP contribution in [0.5, 0.6) is 5.75 Å². The molecule has 2 N–H and O–H groups in total. The number of rotatable bonds is 6. The van der Waals surface area contributed by atoms with Crippen LogP contribution in [0.3, 0.4) is 0 Å². The van der Waals surface area contributed by atoms with Crippen LogP contribution in [0.25, 0.3) is 10.9 Å². The minimum absolute atomic E-state index is 0.527. The van der Waals surface area contributed by atoms with E-state index in [4.69, 9.17) is 9.72 Å². The Morgan fingerprint density at radius 3 is 2.41 bits per heavy atom. The lowest BCUT2D eigenvalue weighted by Crippen LogP contribution is -2.06. The van der Waals surface area contributed by atoms with Crippen LogP contribution in [0.1, 0.15) is 16.7 Å². The smallest absolute Gasteiger partial charge is 0.229 e. The first-order chi connectivity index (χ1) is 14.1. The van der Waals surface area contributed by atoms with Gasteiger partial charge in [0.05, 0.1) is 18.3 Å². The van der Waals surface area contributed by atoms with Gasteiger partial charge >= 0.3 is 0 Å². The van der Waals surface area contributed by atoms with Gasteiger partial charge in [-0.15, -0.1) is 0 Å². The predicted octanol–water partition coefficient (Wildman–Crippen LogP) is 5.61. The second-order valence-corrected chi connectivity index (χ2v) is 7.08. The molecule has 29 heavy (non-hydrogen) atoms. The SMILES string of the molecule is COc1ccc(C)cc1Nc1nc(NCc2ccc(C)cc2)c2ccccc2n1. The van der Waals surface area contributed by atoms with E-state index < -0.39 is 0 Å². The van der Waals surface area contributed by atoms with E-state index in [0.717, 1.165) is 33.7 Å². The van der Waals surface area contributed by atoms with Gasteiger partial charge in [-0.1, -0.05) is 48.0 Å². The summed E-state index contributed by atoms with van der Waals surface area (Å²) in [6.45, 7) is 4.82. The van der Waals surface area contributed by atoms with Gasteiger partial charge in [0.1, 0.15) is 11.6 Å². The molecule has 0 saturated heterocycles. The van der Waals surface area contributed by atoms with Crippen LogP contribution in [0, 0.1) is 13.8 Å². The lowest BCUT2D eigenvalue weighted by Gasteiger charge is -2.14. The molecule has 0 aliphatic heterocycles. The van der Waals surface area contributed by atoms with Gasteiger partial charge in [-0.3, -0.25) is 0 Å². The Bertz CT molecular complexity index is 1140. The maximum atomic E-state index is 5.47. The molecule has 0 amide bonds. The maximum Gasteiger partial charge on any atom is 0.229 e. The van der Waals surface area contributed by atoms with E-state index in [1.54, 1.807) is 7.11 Å². The molecule has 1 aromatic heterocycles. The quantitative estimate of drug-likeness (QED) is 0.452. The van der Waals surface area contributed by atoms with Gasteiger partial charge in [-0.2, -0.15) is 4.98 Å². The van der Waals surface area contributed by atoms with Gasteiger partial charge in [0.2, 0.25) is 5.95 Å². The fourth-order valence-corrected chi connectivity index (χ4v) is 3.20. The van der Waals surface area contributed by atoms with E-state index in [1.165, 1.54) is 11.1 Å². The fourth-order valence-electron chi connectivity index (χ4n) is 3.20. The summed E-state index contributed by atoms with van der Waals surface area (Å²) in [5.41, 5.74) is 5.30. The lowest BCUT2D eigenvalue weighted by molar-refractivity contribution is 0.416. The summed E-state index contributed by atoms with van der Waals surface area (Å²) >= 11 is 0. The number of methoxy groups -OCH3 is 1. The predicted molar refractivity (Wildman–Crippen MR) is 119 cm³/mol. The van der Waals surface area contributed by atoms with Gasteiger partial charge in [0, 0.05) is 11.9 Å². The molecular formula is C24H24N4O. The van der Waals surface area contributed by atoms with E-state index in [-0.39, 0.29) is 0 Å². The van der Waals surface area contributed by atoms with Gasteiger partial charge in [0.15, 0.2) is 0 Å². The average molecular weight is 384 g/mol. The normalized spacial score (nSPS) is 10.7. The van der Waals surface area contributed by atoms with Gasteiger partial charge in [-0.05, 0) is 49.2 Å². The third-order valence-corrected chi connectivity index (χ3v) is 4.79. The van der Waals surface area contributed by atoms with Gasteiger partial charge < -0.3 is 15.4 Å². The van der Waals surface area contributed by atoms with E-state index >= 15 is 0 Å². The van der Waals surface area contributed by atoms with Crippen LogP contribution in [-0.4, -0.2) is 17.1 Å². The number of ether oxygens (including phenoxy) is 1. The molecular weight excluding hydrogens is 360 g/mol. The van der Waals surface area contributed by atoms with Crippen LogP contribution in [0.15, 0.2) is 66.7 Å². The Balaban J connectivity index is 1.67. The second-order valence-electron chi connectivity index (χ2n) is 7.08. The summed E-state index contributed by atoms with van der Waals surface area (Å²) < 4.78 is 5.47. The molecule has 0 bridgehead atoms. The van der Waals surface area contributed by atoms with E-state index in [1.807, 2.05) is 49.4 Å². The van der Waals surface area contributed by atoms with Crippen LogP contribution in [-0.2, 0) is 6.54 Å². The minimum atomic E-state index is 0.527. The Morgan fingerprint density at radius 1 is 0.862 bits per heavy atom. The van der Waals surface area contributed by atoms with E-state index in [0.29, 0.717) is 12.5 Å². The molecule has 5 heteroatoms. The number of fused-ring (bicyclic) bond motifs is 1. The molecule has 5 nitrogen and oxygen atoms in total. The number of aromatic nitrogens is 2. The molecule has 3 aromatic carbocycles. The van der Waals surface area contributed by atoms with Crippen molar-refractivity contribution in [2.45, 2.75) is 20.4 Å². The molecule has 0 aliphatic carbocycles. The van der Waals surface area contributed by atoms with Crippen molar-refractivity contribution in [1.82, 2.24) is 9.97 Å². The number of aryl methyl sites for hydroxylation is 2. The number of hydrogen-bond donors (Lipinski definition) is 2. The summed E-state index contributed by atoms with van der Waals surface area (Å²) in [6, 6.07) is 22.5. The molecule has 1 heterocycles. The number of hydrogen-bond acceptors (Lipinski definition) is 5. The Labute approximate surface area is 170 Å². The summed E-state index contributed by atoms with van der Waals surface area (Å²) in [6.07, 6.45) is 0. The zero-order valence-corrected chi connectivity index (χ0v) is 16.9. The average Bonchev–Trinajstić information content (AvgIpc) is 2.73. The highest BCUT2D eigenvalue weighted by atomic mass is 16.5. The Kier molecular flexibility index (Phi) is 5.29. The first-order valence-corrected chi connectivity index (χ1v) is 9.60. The summed E-state index contributed by atoms with van der Waals surface area (Å²) in [5, 5.41) is 7.77. The highest BCUT2D eigenvalue weighted by Crippen LogP contribution is 2.29. The van der Waals surface area contributed by atoms with Crippen molar-refractivity contribution >= 4 is 28.4 Å². The molecule has 0 aliphatic rings. The topological polar surface area (TPSA) is 59.1 Å². The minimum Gasteiger partial charge on any atom is -0.495 e. The fraction of sp³-hybridized carbons (Fsp3) is 0.167. The van der Waals surface area contributed by atoms with Crippen molar-refractivity contribution in [3.63, 3.8) is 0 Å². The monoisotopic (exact) mass is 384 g/mol. The largest absolute Gasteiger partial charge is 0.495 e. The van der Waals surface area contributed by atoms with Crippen molar-refractivity contribution < 1.29 is 4.74 Å². The number of benzene rings is 3. The van der Waals surface area contributed by atoms with Gasteiger partial charge in [-0.25, -0.2) is 4.98 Å². The Hall–Kier alpha value is -3.60. The number of nitrogens with zero attached hydrogens (tertiary/aromatic N) is 2. The van der Waals surface area contributed by atoms with E-state index in [9.17, 15) is 0 Å². The van der Waals surface area contributed by atoms with Crippen LogP contribution >= 0.6 is 0 Å². The standard InChI is InChI=1S/C24H24N4O/c1-16-8-11-18(12-9-16)15-25-23-19-6-4-5-7-20(19)26-24(28-23)27-21-14-17(2)10-13-22(21)29-3/h4-14H,15H2,1-3H3,(H2,25,26,27,28). The summed E-state index contributed by atoms with van der Waals surface area (Å²) in [7, 11) is 1.66. The second kappa shape index (κ2) is 8.19. The zero-order valence-electron chi connectivity index (χ0n) is 16.9. The van der Waals surface area contributed by atoms with Crippen molar-refractivity contribution in [1.29, 1.82) is 0 Å². The lowest BCUT2D eigenvalue weighted by atomic mass is 10.1. The van der Waals surface area contributed by atoms with Crippen LogP contribution in [0.4, 0.5) is 17.5 Å². The summed E-state index contributed by atoms with van der Waals surface area (Å²) in [5.74, 6) is 2.07. The molecule has 0 spiro atoms. The molecule has 0 radical (unpaired) electrons. The first kappa shape index (κ1) is 18.7. The maximum absolute atomic E-state index is 5.47. The molecule has 4 aromatic rings. The molecule has 4 rings (SSSR count). The van der Waals surface area contributed by atoms with Crippen molar-refractivity contribution in [3.8, 4) is 5.75 Å². The van der Waals surface area contributed by atoms with E-state index in [2.05, 4.69) is 46.8 Å². The highest BCUT2D eigenvalue weighted by molar-refractivity contribution is 5.90. The molecule has 0 atom stereocenters.